The van der Waals surface area contributed by atoms with E-state index in [0.29, 0.717) is 23.9 Å². The van der Waals surface area contributed by atoms with Crippen LogP contribution in [0.1, 0.15) is 37.2 Å². The maximum absolute atomic E-state index is 13.0. The lowest BCUT2D eigenvalue weighted by atomic mass is 9.75. The van der Waals surface area contributed by atoms with Gasteiger partial charge < -0.3 is 4.90 Å². The highest BCUT2D eigenvalue weighted by Gasteiger charge is 2.50. The van der Waals surface area contributed by atoms with Crippen LogP contribution in [0.5, 0.6) is 0 Å². The molecule has 0 saturated carbocycles. The van der Waals surface area contributed by atoms with Crippen LogP contribution >= 0.6 is 11.6 Å². The van der Waals surface area contributed by atoms with Gasteiger partial charge in [-0.15, -0.1) is 0 Å². The summed E-state index contributed by atoms with van der Waals surface area (Å²) in [7, 11) is 2.21. The molecule has 3 heterocycles. The van der Waals surface area contributed by atoms with E-state index in [0.717, 1.165) is 37.4 Å². The Hall–Kier alpha value is -1.06. The second-order valence-corrected chi connectivity index (χ2v) is 7.50. The van der Waals surface area contributed by atoms with Crippen LogP contribution < -0.4 is 0 Å². The first-order chi connectivity index (χ1) is 10.6. The molecule has 3 aliphatic heterocycles. The summed E-state index contributed by atoms with van der Waals surface area (Å²) in [5.74, 6) is 0.840. The van der Waals surface area contributed by atoms with Crippen LogP contribution in [0.15, 0.2) is 24.3 Å². The summed E-state index contributed by atoms with van der Waals surface area (Å²) >= 11 is 6.04. The highest BCUT2D eigenvalue weighted by atomic mass is 35.5. The van der Waals surface area contributed by atoms with Gasteiger partial charge >= 0.3 is 0 Å². The summed E-state index contributed by atoms with van der Waals surface area (Å²) in [6.07, 6.45) is 4.65. The Morgan fingerprint density at radius 3 is 2.55 bits per heavy atom. The van der Waals surface area contributed by atoms with E-state index >= 15 is 0 Å². The van der Waals surface area contributed by atoms with Crippen LogP contribution in [0.3, 0.4) is 0 Å². The molecular weight excluding hydrogens is 296 g/mol. The van der Waals surface area contributed by atoms with E-state index in [4.69, 9.17) is 11.6 Å². The van der Waals surface area contributed by atoms with Gasteiger partial charge in [0.25, 0.3) is 0 Å². The average Bonchev–Trinajstić information content (AvgIpc) is 2.70. The molecule has 0 radical (unpaired) electrons. The molecule has 4 heteroatoms. The molecule has 0 aromatic heterocycles. The molecule has 4 atom stereocenters. The molecule has 3 fully saturated rings. The first kappa shape index (κ1) is 14.5. The van der Waals surface area contributed by atoms with Crippen LogP contribution in [0.4, 0.5) is 0 Å². The molecule has 0 aliphatic carbocycles. The van der Waals surface area contributed by atoms with E-state index in [1.54, 1.807) is 0 Å². The number of carbonyl (C=O) groups excluding carboxylic acids is 1. The van der Waals surface area contributed by atoms with E-state index in [1.807, 2.05) is 12.1 Å². The molecule has 0 unspecified atom stereocenters. The molecule has 2 bridgehead atoms. The van der Waals surface area contributed by atoms with Crippen molar-refractivity contribution < 1.29 is 4.79 Å². The molecule has 3 aliphatic rings. The van der Waals surface area contributed by atoms with Crippen molar-refractivity contribution in [2.45, 2.75) is 43.7 Å². The third-order valence-corrected chi connectivity index (χ3v) is 6.27. The number of amides is 1. The van der Waals surface area contributed by atoms with Crippen molar-refractivity contribution in [1.82, 2.24) is 9.80 Å². The van der Waals surface area contributed by atoms with E-state index in [9.17, 15) is 4.79 Å². The maximum atomic E-state index is 13.0. The first-order valence-electron chi connectivity index (χ1n) is 8.41. The van der Waals surface area contributed by atoms with Crippen molar-refractivity contribution in [2.24, 2.45) is 5.92 Å². The summed E-state index contributed by atoms with van der Waals surface area (Å²) in [6.45, 7) is 1.89. The smallest absolute Gasteiger partial charge is 0.227 e. The first-order valence-corrected chi connectivity index (χ1v) is 8.79. The van der Waals surface area contributed by atoms with E-state index < -0.39 is 0 Å². The normalized spacial score (nSPS) is 34.5. The Kier molecular flexibility index (Phi) is 3.66. The van der Waals surface area contributed by atoms with Gasteiger partial charge in [0.2, 0.25) is 5.91 Å². The Morgan fingerprint density at radius 2 is 1.91 bits per heavy atom. The average molecular weight is 319 g/mol. The predicted octanol–water partition coefficient (Wildman–Crippen LogP) is 3.14. The third kappa shape index (κ3) is 2.26. The minimum atomic E-state index is 0.116. The van der Waals surface area contributed by atoms with Crippen LogP contribution in [0, 0.1) is 5.92 Å². The fourth-order valence-corrected chi connectivity index (χ4v) is 4.73. The molecule has 22 heavy (non-hydrogen) atoms. The van der Waals surface area contributed by atoms with Gasteiger partial charge in [-0.1, -0.05) is 23.7 Å². The maximum Gasteiger partial charge on any atom is 0.227 e. The molecule has 118 valence electrons. The van der Waals surface area contributed by atoms with Crippen molar-refractivity contribution in [3.8, 4) is 0 Å². The minimum absolute atomic E-state index is 0.116. The Morgan fingerprint density at radius 1 is 1.18 bits per heavy atom. The van der Waals surface area contributed by atoms with Crippen molar-refractivity contribution >= 4 is 17.5 Å². The lowest BCUT2D eigenvalue weighted by molar-refractivity contribution is -0.143. The van der Waals surface area contributed by atoms with Gasteiger partial charge in [0.15, 0.2) is 0 Å². The van der Waals surface area contributed by atoms with Gasteiger partial charge in [-0.05, 0) is 56.3 Å². The molecule has 3 saturated heterocycles. The minimum Gasteiger partial charge on any atom is -0.342 e. The number of likely N-dealkylation sites (tertiary alicyclic amines) is 1. The van der Waals surface area contributed by atoms with E-state index in [2.05, 4.69) is 29.0 Å². The van der Waals surface area contributed by atoms with Crippen LogP contribution in [0.2, 0.25) is 5.02 Å². The Bertz CT molecular complexity index is 569. The standard InChI is InChI=1S/C18H23ClN2O/c1-20-14-7-8-16(20)17(18(22)21-9-2-10-21)15(11-14)12-3-5-13(19)6-4-12/h3-6,14-17H,2,7-11H2,1H3/t14-,15+,16+,17-/m0/s1. The predicted molar refractivity (Wildman–Crippen MR) is 88.1 cm³/mol. The van der Waals surface area contributed by atoms with Gasteiger partial charge in [-0.2, -0.15) is 0 Å². The third-order valence-electron chi connectivity index (χ3n) is 6.02. The van der Waals surface area contributed by atoms with Gasteiger partial charge in [0.05, 0.1) is 5.92 Å². The number of halogens is 1. The SMILES string of the molecule is CN1[C@H]2CC[C@@H]1[C@@H](C(=O)N1CCC1)[C@@H](c1ccc(Cl)cc1)C2. The number of hydrogen-bond acceptors (Lipinski definition) is 2. The molecule has 0 spiro atoms. The lowest BCUT2D eigenvalue weighted by Gasteiger charge is -2.45. The van der Waals surface area contributed by atoms with Crippen LogP contribution in [-0.2, 0) is 4.79 Å². The monoisotopic (exact) mass is 318 g/mol. The van der Waals surface area contributed by atoms with Crippen molar-refractivity contribution in [2.75, 3.05) is 20.1 Å². The van der Waals surface area contributed by atoms with Crippen molar-refractivity contribution in [3.63, 3.8) is 0 Å². The number of rotatable bonds is 2. The summed E-state index contributed by atoms with van der Waals surface area (Å²) in [5, 5.41) is 0.769. The molecule has 1 aromatic rings. The largest absolute Gasteiger partial charge is 0.342 e. The number of nitrogens with zero attached hydrogens (tertiary/aromatic N) is 2. The highest BCUT2D eigenvalue weighted by molar-refractivity contribution is 6.30. The summed E-state index contributed by atoms with van der Waals surface area (Å²) < 4.78 is 0. The number of piperidine rings is 1. The lowest BCUT2D eigenvalue weighted by Crippen LogP contribution is -2.55. The van der Waals surface area contributed by atoms with Gasteiger partial charge in [-0.3, -0.25) is 9.69 Å². The number of hydrogen-bond donors (Lipinski definition) is 0. The topological polar surface area (TPSA) is 23.6 Å². The highest BCUT2D eigenvalue weighted by Crippen LogP contribution is 2.47. The van der Waals surface area contributed by atoms with Gasteiger partial charge in [-0.25, -0.2) is 0 Å². The molecule has 1 amide bonds. The Balaban J connectivity index is 1.67. The zero-order valence-electron chi connectivity index (χ0n) is 13.0. The summed E-state index contributed by atoms with van der Waals surface area (Å²) in [4.78, 5) is 17.6. The van der Waals surface area contributed by atoms with E-state index in [-0.39, 0.29) is 5.92 Å². The zero-order valence-corrected chi connectivity index (χ0v) is 13.8. The quantitative estimate of drug-likeness (QED) is 0.836. The van der Waals surface area contributed by atoms with Crippen molar-refractivity contribution in [3.05, 3.63) is 34.9 Å². The van der Waals surface area contributed by atoms with E-state index in [1.165, 1.54) is 12.0 Å². The van der Waals surface area contributed by atoms with Crippen LogP contribution in [0.25, 0.3) is 0 Å². The molecule has 4 rings (SSSR count). The molecule has 0 N–H and O–H groups in total. The van der Waals surface area contributed by atoms with Crippen LogP contribution in [-0.4, -0.2) is 47.9 Å². The number of carbonyl (C=O) groups is 1. The fraction of sp³-hybridized carbons (Fsp3) is 0.611. The van der Waals surface area contributed by atoms with Crippen molar-refractivity contribution in [1.29, 1.82) is 0 Å². The second kappa shape index (κ2) is 5.54. The molecule has 3 nitrogen and oxygen atoms in total. The summed E-state index contributed by atoms with van der Waals surface area (Å²) in [6, 6.07) is 9.20. The molecular formula is C18H23ClN2O. The number of fused-ring (bicyclic) bond motifs is 2. The zero-order chi connectivity index (χ0) is 15.3. The van der Waals surface area contributed by atoms with Gasteiger partial charge in [0.1, 0.15) is 0 Å². The number of benzene rings is 1. The fourth-order valence-electron chi connectivity index (χ4n) is 4.60. The Labute approximate surface area is 137 Å². The second-order valence-electron chi connectivity index (χ2n) is 7.06. The summed E-state index contributed by atoms with van der Waals surface area (Å²) in [5.41, 5.74) is 1.29. The molecule has 1 aromatic carbocycles. The van der Waals surface area contributed by atoms with Gasteiger partial charge in [0, 0.05) is 30.2 Å².